The van der Waals surface area contributed by atoms with Crippen molar-refractivity contribution < 1.29 is 9.32 Å². The monoisotopic (exact) mass is 306 g/mol. The maximum atomic E-state index is 11.2. The molecule has 0 bridgehead atoms. The molecule has 7 heteroatoms. The Morgan fingerprint density at radius 3 is 2.95 bits per heavy atom. The van der Waals surface area contributed by atoms with E-state index in [2.05, 4.69) is 15.0 Å². The number of nitrogens with zero attached hydrogens (tertiary/aromatic N) is 3. The van der Waals surface area contributed by atoms with Crippen LogP contribution in [0.15, 0.2) is 22.9 Å². The average molecular weight is 307 g/mol. The largest absolute Gasteiger partial charge is 0.366 e. The zero-order valence-corrected chi connectivity index (χ0v) is 12.3. The highest BCUT2D eigenvalue weighted by molar-refractivity contribution is 6.33. The SMILES string of the molecule is Cc1cc([C@@H]2CCCN2c2ncc(C(N)=O)cc2Cl)no1. The number of carbonyl (C=O) groups is 1. The van der Waals surface area contributed by atoms with Crippen LogP contribution in [0, 0.1) is 6.92 Å². The first-order valence-electron chi connectivity index (χ1n) is 6.71. The standard InChI is InChI=1S/C14H15ClN4O2/c1-8-5-11(18-21-8)12-3-2-4-19(12)14-10(15)6-9(7-17-14)13(16)20/h5-7,12H,2-4H2,1H3,(H2,16,20)/t12-/m0/s1. The average Bonchev–Trinajstić information content (AvgIpc) is 3.06. The van der Waals surface area contributed by atoms with E-state index in [0.717, 1.165) is 30.8 Å². The van der Waals surface area contributed by atoms with Crippen molar-refractivity contribution in [3.63, 3.8) is 0 Å². The van der Waals surface area contributed by atoms with E-state index >= 15 is 0 Å². The second-order valence-electron chi connectivity index (χ2n) is 5.11. The quantitative estimate of drug-likeness (QED) is 0.941. The van der Waals surface area contributed by atoms with Crippen molar-refractivity contribution in [3.05, 3.63) is 40.4 Å². The lowest BCUT2D eigenvalue weighted by Crippen LogP contribution is -2.24. The van der Waals surface area contributed by atoms with Crippen molar-refractivity contribution in [3.8, 4) is 0 Å². The lowest BCUT2D eigenvalue weighted by Gasteiger charge is -2.25. The Kier molecular flexibility index (Phi) is 3.55. The summed E-state index contributed by atoms with van der Waals surface area (Å²) in [4.78, 5) is 17.5. The Labute approximate surface area is 126 Å². The molecule has 3 rings (SSSR count). The maximum Gasteiger partial charge on any atom is 0.250 e. The number of rotatable bonds is 3. The molecule has 6 nitrogen and oxygen atoms in total. The maximum absolute atomic E-state index is 11.2. The molecule has 2 aromatic rings. The van der Waals surface area contributed by atoms with Gasteiger partial charge in [-0.05, 0) is 25.8 Å². The first-order valence-corrected chi connectivity index (χ1v) is 7.09. The van der Waals surface area contributed by atoms with Gasteiger partial charge in [0.15, 0.2) is 0 Å². The molecule has 1 amide bonds. The predicted molar refractivity (Wildman–Crippen MR) is 78.3 cm³/mol. The highest BCUT2D eigenvalue weighted by atomic mass is 35.5. The van der Waals surface area contributed by atoms with Crippen LogP contribution in [-0.4, -0.2) is 22.6 Å². The van der Waals surface area contributed by atoms with Gasteiger partial charge in [0.05, 0.1) is 16.6 Å². The molecule has 2 aromatic heterocycles. The number of anilines is 1. The fourth-order valence-corrected chi connectivity index (χ4v) is 2.92. The number of aryl methyl sites for hydroxylation is 1. The highest BCUT2D eigenvalue weighted by Crippen LogP contribution is 2.37. The minimum absolute atomic E-state index is 0.0897. The lowest BCUT2D eigenvalue weighted by molar-refractivity contribution is 0.1000. The van der Waals surface area contributed by atoms with Crippen LogP contribution < -0.4 is 10.6 Å². The molecule has 1 atom stereocenters. The van der Waals surface area contributed by atoms with Crippen molar-refractivity contribution in [2.24, 2.45) is 5.73 Å². The van der Waals surface area contributed by atoms with E-state index in [9.17, 15) is 4.79 Å². The third kappa shape index (κ3) is 2.58. The topological polar surface area (TPSA) is 85.3 Å². The number of pyridine rings is 1. The van der Waals surface area contributed by atoms with Gasteiger partial charge in [-0.2, -0.15) is 0 Å². The first kappa shape index (κ1) is 13.9. The normalized spacial score (nSPS) is 18.2. The Morgan fingerprint density at radius 2 is 2.33 bits per heavy atom. The molecule has 0 unspecified atom stereocenters. The molecule has 0 spiro atoms. The molecule has 1 aliphatic heterocycles. The van der Waals surface area contributed by atoms with Crippen LogP contribution in [0.3, 0.4) is 0 Å². The van der Waals surface area contributed by atoms with Gasteiger partial charge in [0.25, 0.3) is 0 Å². The van der Waals surface area contributed by atoms with Crippen molar-refractivity contribution >= 4 is 23.3 Å². The fraction of sp³-hybridized carbons (Fsp3) is 0.357. The Balaban J connectivity index is 1.93. The molecule has 1 aliphatic rings. The summed E-state index contributed by atoms with van der Waals surface area (Å²) in [6.45, 7) is 2.70. The molecule has 0 saturated carbocycles. The fourth-order valence-electron chi connectivity index (χ4n) is 2.65. The van der Waals surface area contributed by atoms with E-state index in [1.165, 1.54) is 6.20 Å². The number of primary amides is 1. The van der Waals surface area contributed by atoms with Crippen LogP contribution in [0.4, 0.5) is 5.82 Å². The molecule has 110 valence electrons. The van der Waals surface area contributed by atoms with E-state index in [4.69, 9.17) is 21.9 Å². The summed E-state index contributed by atoms with van der Waals surface area (Å²) >= 11 is 6.26. The number of amides is 1. The molecule has 0 aromatic carbocycles. The van der Waals surface area contributed by atoms with Crippen LogP contribution >= 0.6 is 11.6 Å². The molecule has 2 N–H and O–H groups in total. The summed E-state index contributed by atoms with van der Waals surface area (Å²) in [5.74, 6) is 0.880. The van der Waals surface area contributed by atoms with Crippen LogP contribution in [0.5, 0.6) is 0 Å². The third-order valence-electron chi connectivity index (χ3n) is 3.62. The van der Waals surface area contributed by atoms with E-state index in [0.29, 0.717) is 16.4 Å². The molecule has 21 heavy (non-hydrogen) atoms. The molecule has 0 aliphatic carbocycles. The van der Waals surface area contributed by atoms with E-state index in [1.54, 1.807) is 6.07 Å². The minimum atomic E-state index is -0.541. The van der Waals surface area contributed by atoms with Gasteiger partial charge in [0, 0.05) is 18.8 Å². The van der Waals surface area contributed by atoms with Gasteiger partial charge in [-0.25, -0.2) is 4.98 Å². The zero-order chi connectivity index (χ0) is 15.0. The van der Waals surface area contributed by atoms with Gasteiger partial charge in [0.2, 0.25) is 5.91 Å². The second-order valence-corrected chi connectivity index (χ2v) is 5.51. The smallest absolute Gasteiger partial charge is 0.250 e. The predicted octanol–water partition coefficient (Wildman–Crippen LogP) is 2.47. The minimum Gasteiger partial charge on any atom is -0.366 e. The molecule has 1 fully saturated rings. The molecule has 1 saturated heterocycles. The lowest BCUT2D eigenvalue weighted by atomic mass is 10.1. The highest BCUT2D eigenvalue weighted by Gasteiger charge is 2.30. The molecular formula is C14H15ClN4O2. The number of carbonyl (C=O) groups excluding carboxylic acids is 1. The Hall–Kier alpha value is -2.08. The zero-order valence-electron chi connectivity index (χ0n) is 11.5. The number of nitrogens with two attached hydrogens (primary N) is 1. The third-order valence-corrected chi connectivity index (χ3v) is 3.90. The second kappa shape index (κ2) is 5.37. The summed E-state index contributed by atoms with van der Waals surface area (Å²) in [7, 11) is 0. The molecular weight excluding hydrogens is 292 g/mol. The van der Waals surface area contributed by atoms with Crippen LogP contribution in [0.1, 0.15) is 40.7 Å². The van der Waals surface area contributed by atoms with Crippen LogP contribution in [0.25, 0.3) is 0 Å². The summed E-state index contributed by atoms with van der Waals surface area (Å²) < 4.78 is 5.15. The number of aromatic nitrogens is 2. The Bertz CT molecular complexity index is 685. The molecule has 3 heterocycles. The van der Waals surface area contributed by atoms with Gasteiger partial charge in [0.1, 0.15) is 17.3 Å². The molecule has 0 radical (unpaired) electrons. The van der Waals surface area contributed by atoms with Gasteiger partial charge in [-0.15, -0.1) is 0 Å². The van der Waals surface area contributed by atoms with E-state index in [-0.39, 0.29) is 6.04 Å². The summed E-state index contributed by atoms with van der Waals surface area (Å²) in [6.07, 6.45) is 3.43. The van der Waals surface area contributed by atoms with Crippen molar-refractivity contribution in [2.75, 3.05) is 11.4 Å². The van der Waals surface area contributed by atoms with Crippen molar-refractivity contribution in [2.45, 2.75) is 25.8 Å². The summed E-state index contributed by atoms with van der Waals surface area (Å²) in [5.41, 5.74) is 6.41. The van der Waals surface area contributed by atoms with E-state index < -0.39 is 5.91 Å². The van der Waals surface area contributed by atoms with Gasteiger partial charge in [-0.3, -0.25) is 4.79 Å². The number of hydrogen-bond acceptors (Lipinski definition) is 5. The number of hydrogen-bond donors (Lipinski definition) is 1. The summed E-state index contributed by atoms with van der Waals surface area (Å²) in [5, 5.41) is 4.50. The Morgan fingerprint density at radius 1 is 1.52 bits per heavy atom. The van der Waals surface area contributed by atoms with E-state index in [1.807, 2.05) is 13.0 Å². The van der Waals surface area contributed by atoms with Gasteiger partial charge >= 0.3 is 0 Å². The van der Waals surface area contributed by atoms with Crippen molar-refractivity contribution in [1.82, 2.24) is 10.1 Å². The van der Waals surface area contributed by atoms with Gasteiger partial charge in [-0.1, -0.05) is 16.8 Å². The van der Waals surface area contributed by atoms with Crippen LogP contribution in [-0.2, 0) is 0 Å². The first-order chi connectivity index (χ1) is 10.1. The number of halogens is 1. The van der Waals surface area contributed by atoms with Crippen LogP contribution in [0.2, 0.25) is 5.02 Å². The van der Waals surface area contributed by atoms with Crippen molar-refractivity contribution in [1.29, 1.82) is 0 Å². The van der Waals surface area contributed by atoms with Gasteiger partial charge < -0.3 is 15.2 Å². The summed E-state index contributed by atoms with van der Waals surface area (Å²) in [6, 6.07) is 3.57.